The molecular formula is C28H34N2O4S. The maximum absolute atomic E-state index is 13.7. The third-order valence-corrected chi connectivity index (χ3v) is 8.08. The van der Waals surface area contributed by atoms with Gasteiger partial charge in [0.15, 0.2) is 0 Å². The van der Waals surface area contributed by atoms with Gasteiger partial charge >= 0.3 is 0 Å². The SMILES string of the molecule is CC[C@@H](NC(=O)CN(c1cccc(C)c1C)S(=O)(=O)c1ccc(C)cc1)c1ccc(OC)c(C)c1. The van der Waals surface area contributed by atoms with E-state index >= 15 is 0 Å². The van der Waals surface area contributed by atoms with Crippen molar-refractivity contribution in [3.05, 3.63) is 88.5 Å². The minimum atomic E-state index is -3.97. The molecule has 186 valence electrons. The topological polar surface area (TPSA) is 75.7 Å². The smallest absolute Gasteiger partial charge is 0.264 e. The molecule has 0 heterocycles. The van der Waals surface area contributed by atoms with Crippen LogP contribution in [0.4, 0.5) is 5.69 Å². The van der Waals surface area contributed by atoms with Gasteiger partial charge in [-0.05, 0) is 80.6 Å². The number of ether oxygens (including phenoxy) is 1. The Balaban J connectivity index is 1.95. The molecule has 35 heavy (non-hydrogen) atoms. The lowest BCUT2D eigenvalue weighted by molar-refractivity contribution is -0.120. The summed E-state index contributed by atoms with van der Waals surface area (Å²) in [4.78, 5) is 13.4. The van der Waals surface area contributed by atoms with Gasteiger partial charge in [0.25, 0.3) is 10.0 Å². The molecule has 0 radical (unpaired) electrons. The van der Waals surface area contributed by atoms with Crippen LogP contribution in [0.15, 0.2) is 65.6 Å². The second-order valence-corrected chi connectivity index (χ2v) is 10.7. The predicted molar refractivity (Wildman–Crippen MR) is 141 cm³/mol. The maximum atomic E-state index is 13.7. The fourth-order valence-electron chi connectivity index (χ4n) is 4.05. The second kappa shape index (κ2) is 11.0. The number of amides is 1. The summed E-state index contributed by atoms with van der Waals surface area (Å²) in [7, 11) is -2.35. The van der Waals surface area contributed by atoms with Gasteiger partial charge in [-0.2, -0.15) is 0 Å². The van der Waals surface area contributed by atoms with Crippen LogP contribution in [0, 0.1) is 27.7 Å². The van der Waals surface area contributed by atoms with E-state index in [1.54, 1.807) is 37.4 Å². The summed E-state index contributed by atoms with van der Waals surface area (Å²) in [5.74, 6) is 0.405. The highest BCUT2D eigenvalue weighted by atomic mass is 32.2. The van der Waals surface area contributed by atoms with E-state index in [4.69, 9.17) is 4.74 Å². The van der Waals surface area contributed by atoms with Gasteiger partial charge in [-0.1, -0.05) is 48.9 Å². The molecule has 1 atom stereocenters. The van der Waals surface area contributed by atoms with Crippen molar-refractivity contribution in [2.24, 2.45) is 0 Å². The third kappa shape index (κ3) is 5.85. The van der Waals surface area contributed by atoms with Crippen molar-refractivity contribution in [2.45, 2.75) is 52.0 Å². The van der Waals surface area contributed by atoms with E-state index < -0.39 is 10.0 Å². The van der Waals surface area contributed by atoms with Crippen LogP contribution in [-0.2, 0) is 14.8 Å². The normalized spacial score (nSPS) is 12.2. The van der Waals surface area contributed by atoms with Crippen LogP contribution in [0.3, 0.4) is 0 Å². The summed E-state index contributed by atoms with van der Waals surface area (Å²) in [6, 6.07) is 17.7. The fourth-order valence-corrected chi connectivity index (χ4v) is 5.53. The Morgan fingerprint density at radius 1 is 0.971 bits per heavy atom. The first kappa shape index (κ1) is 26.3. The number of sulfonamides is 1. The fraction of sp³-hybridized carbons (Fsp3) is 0.321. The molecule has 3 aromatic carbocycles. The second-order valence-electron chi connectivity index (χ2n) is 8.80. The number of methoxy groups -OCH3 is 1. The number of nitrogens with one attached hydrogen (secondary N) is 1. The van der Waals surface area contributed by atoms with Gasteiger partial charge in [-0.3, -0.25) is 9.10 Å². The van der Waals surface area contributed by atoms with Crippen LogP contribution < -0.4 is 14.4 Å². The van der Waals surface area contributed by atoms with Crippen molar-refractivity contribution in [3.8, 4) is 5.75 Å². The number of carbonyl (C=O) groups excluding carboxylic acids is 1. The number of rotatable bonds is 9. The molecule has 0 bridgehead atoms. The van der Waals surface area contributed by atoms with Crippen LogP contribution in [0.25, 0.3) is 0 Å². The van der Waals surface area contributed by atoms with Gasteiger partial charge in [0, 0.05) is 0 Å². The van der Waals surface area contributed by atoms with Crippen LogP contribution in [0.1, 0.15) is 47.2 Å². The molecule has 3 aromatic rings. The van der Waals surface area contributed by atoms with E-state index in [0.717, 1.165) is 33.6 Å². The van der Waals surface area contributed by atoms with E-state index in [1.165, 1.54) is 4.31 Å². The molecule has 3 rings (SSSR count). The highest BCUT2D eigenvalue weighted by Crippen LogP contribution is 2.29. The molecule has 0 aliphatic heterocycles. The van der Waals surface area contributed by atoms with Gasteiger partial charge in [0.2, 0.25) is 5.91 Å². The maximum Gasteiger partial charge on any atom is 0.264 e. The zero-order valence-corrected chi connectivity index (χ0v) is 22.1. The lowest BCUT2D eigenvalue weighted by Crippen LogP contribution is -2.42. The number of aryl methyl sites for hydroxylation is 3. The molecule has 0 fully saturated rings. The van der Waals surface area contributed by atoms with Gasteiger partial charge < -0.3 is 10.1 Å². The third-order valence-electron chi connectivity index (χ3n) is 6.31. The summed E-state index contributed by atoms with van der Waals surface area (Å²) >= 11 is 0. The average Bonchev–Trinajstić information content (AvgIpc) is 2.83. The highest BCUT2D eigenvalue weighted by molar-refractivity contribution is 7.92. The quantitative estimate of drug-likeness (QED) is 0.433. The predicted octanol–water partition coefficient (Wildman–Crippen LogP) is 5.39. The van der Waals surface area contributed by atoms with Crippen LogP contribution in [0.5, 0.6) is 5.75 Å². The molecule has 0 spiro atoms. The first-order chi connectivity index (χ1) is 16.6. The number of benzene rings is 3. The van der Waals surface area contributed by atoms with Crippen molar-refractivity contribution in [2.75, 3.05) is 18.0 Å². The lowest BCUT2D eigenvalue weighted by atomic mass is 10.0. The van der Waals surface area contributed by atoms with Gasteiger partial charge in [-0.15, -0.1) is 0 Å². The molecule has 0 aliphatic rings. The van der Waals surface area contributed by atoms with Gasteiger partial charge in [-0.25, -0.2) is 8.42 Å². The van der Waals surface area contributed by atoms with E-state index in [0.29, 0.717) is 12.1 Å². The number of hydrogen-bond donors (Lipinski definition) is 1. The molecule has 7 heteroatoms. The Bertz CT molecular complexity index is 1300. The molecule has 0 saturated heterocycles. The monoisotopic (exact) mass is 494 g/mol. The molecule has 0 unspecified atom stereocenters. The summed E-state index contributed by atoms with van der Waals surface area (Å²) in [5.41, 5.74) is 5.13. The lowest BCUT2D eigenvalue weighted by Gasteiger charge is -2.27. The number of anilines is 1. The number of carbonyl (C=O) groups is 1. The van der Waals surface area contributed by atoms with Gasteiger partial charge in [0.1, 0.15) is 12.3 Å². The number of hydrogen-bond acceptors (Lipinski definition) is 4. The van der Waals surface area contributed by atoms with Crippen molar-refractivity contribution in [1.82, 2.24) is 5.32 Å². The van der Waals surface area contributed by atoms with E-state index in [2.05, 4.69) is 5.32 Å². The standard InChI is InChI=1S/C28H34N2O4S/c1-7-25(23-13-16-27(34-6)21(4)17-23)29-28(31)18-30(26-10-8-9-20(3)22(26)5)35(32,33)24-14-11-19(2)12-15-24/h8-17,25H,7,18H2,1-6H3,(H,29,31)/t25-/m1/s1. The summed E-state index contributed by atoms with van der Waals surface area (Å²) in [5, 5.41) is 3.03. The highest BCUT2D eigenvalue weighted by Gasteiger charge is 2.29. The molecule has 0 aliphatic carbocycles. The van der Waals surface area contributed by atoms with Crippen LogP contribution in [0.2, 0.25) is 0 Å². The van der Waals surface area contributed by atoms with Crippen molar-refractivity contribution in [3.63, 3.8) is 0 Å². The Labute approximate surface area is 209 Å². The van der Waals surface area contributed by atoms with Crippen molar-refractivity contribution >= 4 is 21.6 Å². The summed E-state index contributed by atoms with van der Waals surface area (Å²) in [6.07, 6.45) is 0.658. The van der Waals surface area contributed by atoms with Crippen LogP contribution in [-0.4, -0.2) is 28.0 Å². The van der Waals surface area contributed by atoms with E-state index in [1.807, 2.05) is 65.0 Å². The summed E-state index contributed by atoms with van der Waals surface area (Å²) < 4.78 is 34.0. The minimum Gasteiger partial charge on any atom is -0.496 e. The molecule has 6 nitrogen and oxygen atoms in total. The minimum absolute atomic E-state index is 0.148. The first-order valence-electron chi connectivity index (χ1n) is 11.7. The molecule has 1 N–H and O–H groups in total. The summed E-state index contributed by atoms with van der Waals surface area (Å²) in [6.45, 7) is 9.30. The van der Waals surface area contributed by atoms with Crippen molar-refractivity contribution < 1.29 is 17.9 Å². The zero-order valence-electron chi connectivity index (χ0n) is 21.3. The Morgan fingerprint density at radius 3 is 2.26 bits per heavy atom. The van der Waals surface area contributed by atoms with E-state index in [9.17, 15) is 13.2 Å². The Kier molecular flexibility index (Phi) is 8.22. The average molecular weight is 495 g/mol. The van der Waals surface area contributed by atoms with Crippen LogP contribution >= 0.6 is 0 Å². The van der Waals surface area contributed by atoms with Gasteiger partial charge in [0.05, 0.1) is 23.7 Å². The first-order valence-corrected chi connectivity index (χ1v) is 13.1. The largest absolute Gasteiger partial charge is 0.496 e. The number of nitrogens with zero attached hydrogens (tertiary/aromatic N) is 1. The molecule has 1 amide bonds. The van der Waals surface area contributed by atoms with E-state index in [-0.39, 0.29) is 23.4 Å². The Hall–Kier alpha value is -3.32. The zero-order chi connectivity index (χ0) is 25.8. The molecule has 0 saturated carbocycles. The van der Waals surface area contributed by atoms with Crippen molar-refractivity contribution in [1.29, 1.82) is 0 Å². The Morgan fingerprint density at radius 2 is 1.66 bits per heavy atom. The molecular weight excluding hydrogens is 460 g/mol. The molecule has 0 aromatic heterocycles.